The molecule has 0 spiro atoms. The van der Waals surface area contributed by atoms with Gasteiger partial charge in [-0.2, -0.15) is 0 Å². The van der Waals surface area contributed by atoms with E-state index in [2.05, 4.69) is 5.32 Å². The third-order valence-electron chi connectivity index (χ3n) is 3.73. The Balaban J connectivity index is 3.05. The summed E-state index contributed by atoms with van der Waals surface area (Å²) < 4.78 is 11.5. The lowest BCUT2D eigenvalue weighted by Crippen LogP contribution is -2.67. The third kappa shape index (κ3) is 4.53. The highest BCUT2D eigenvalue weighted by atomic mass is 32.2. The molecule has 1 aliphatic heterocycles. The van der Waals surface area contributed by atoms with E-state index in [1.165, 1.54) is 0 Å². The predicted octanol–water partition coefficient (Wildman–Crippen LogP) is 1.15. The minimum atomic E-state index is -0.999. The van der Waals surface area contributed by atoms with Crippen molar-refractivity contribution in [1.82, 2.24) is 10.2 Å². The van der Waals surface area contributed by atoms with Crippen LogP contribution in [0.4, 0.5) is 0 Å². The maximum absolute atomic E-state index is 12.8. The smallest absolute Gasteiger partial charge is 0.246 e. The number of carbonyl (C=O) groups excluding carboxylic acids is 2. The van der Waals surface area contributed by atoms with Gasteiger partial charge < -0.3 is 10.2 Å². The van der Waals surface area contributed by atoms with Crippen molar-refractivity contribution in [3.05, 3.63) is 0 Å². The predicted molar refractivity (Wildman–Crippen MR) is 85.3 cm³/mol. The maximum atomic E-state index is 12.8. The molecular weight excluding hydrogens is 288 g/mol. The molecule has 1 saturated heterocycles. The first-order valence-corrected chi connectivity index (χ1v) is 9.30. The van der Waals surface area contributed by atoms with Crippen LogP contribution in [0.1, 0.15) is 41.0 Å². The van der Waals surface area contributed by atoms with Crippen molar-refractivity contribution in [2.45, 2.75) is 59.2 Å². The number of nitrogens with one attached hydrogen (secondary N) is 1. The Bertz CT molecular complexity index is 423. The first-order chi connectivity index (χ1) is 9.65. The van der Waals surface area contributed by atoms with Crippen molar-refractivity contribution in [2.24, 2.45) is 11.8 Å². The van der Waals surface area contributed by atoms with Gasteiger partial charge in [-0.3, -0.25) is 13.8 Å². The molecule has 122 valence electrons. The molecule has 0 bridgehead atoms. The van der Waals surface area contributed by atoms with Crippen LogP contribution in [0.3, 0.4) is 0 Å². The van der Waals surface area contributed by atoms with Crippen LogP contribution in [0.15, 0.2) is 0 Å². The Kier molecular flexibility index (Phi) is 6.38. The number of piperazine rings is 1. The second-order valence-electron chi connectivity index (χ2n) is 6.71. The van der Waals surface area contributed by atoms with Crippen molar-refractivity contribution in [3.63, 3.8) is 0 Å². The monoisotopic (exact) mass is 316 g/mol. The third-order valence-corrected chi connectivity index (χ3v) is 4.68. The van der Waals surface area contributed by atoms with E-state index in [9.17, 15) is 13.8 Å². The summed E-state index contributed by atoms with van der Waals surface area (Å²) in [4.78, 5) is 26.8. The quantitative estimate of drug-likeness (QED) is 0.799. The number of rotatable bonds is 6. The van der Waals surface area contributed by atoms with Gasteiger partial charge in [-0.05, 0) is 25.2 Å². The molecule has 0 aliphatic carbocycles. The molecule has 0 aromatic rings. The van der Waals surface area contributed by atoms with Crippen molar-refractivity contribution in [1.29, 1.82) is 0 Å². The lowest BCUT2D eigenvalue weighted by molar-refractivity contribution is -0.153. The molecule has 4 unspecified atom stereocenters. The van der Waals surface area contributed by atoms with Gasteiger partial charge in [-0.1, -0.05) is 27.7 Å². The lowest BCUT2D eigenvalue weighted by Gasteiger charge is -2.44. The van der Waals surface area contributed by atoms with Gasteiger partial charge in [0.15, 0.2) is 0 Å². The molecule has 1 N–H and O–H groups in total. The summed E-state index contributed by atoms with van der Waals surface area (Å²) in [7, 11) is -0.999. The van der Waals surface area contributed by atoms with E-state index < -0.39 is 22.9 Å². The Morgan fingerprint density at radius 1 is 1.19 bits per heavy atom. The molecule has 21 heavy (non-hydrogen) atoms. The minimum Gasteiger partial charge on any atom is -0.342 e. The lowest BCUT2D eigenvalue weighted by atomic mass is 9.92. The molecule has 0 aromatic heterocycles. The van der Waals surface area contributed by atoms with Gasteiger partial charge >= 0.3 is 0 Å². The average Bonchev–Trinajstić information content (AvgIpc) is 2.30. The molecule has 1 rings (SSSR count). The van der Waals surface area contributed by atoms with E-state index in [0.29, 0.717) is 18.1 Å². The van der Waals surface area contributed by atoms with E-state index in [1.54, 1.807) is 11.2 Å². The number of carbonyl (C=O) groups is 2. The van der Waals surface area contributed by atoms with Gasteiger partial charge in [0.1, 0.15) is 12.1 Å². The van der Waals surface area contributed by atoms with E-state index in [4.69, 9.17) is 0 Å². The number of amides is 2. The van der Waals surface area contributed by atoms with Crippen molar-refractivity contribution in [2.75, 3.05) is 12.0 Å². The highest BCUT2D eigenvalue weighted by Gasteiger charge is 2.44. The fraction of sp³-hybridized carbons (Fsp3) is 0.867. The summed E-state index contributed by atoms with van der Waals surface area (Å²) in [6.45, 7) is 9.80. The fourth-order valence-electron chi connectivity index (χ4n) is 2.93. The molecular formula is C15H28N2O3S. The summed E-state index contributed by atoms with van der Waals surface area (Å²) in [5, 5.41) is 2.86. The number of nitrogens with zero attached hydrogens (tertiary/aromatic N) is 1. The summed E-state index contributed by atoms with van der Waals surface area (Å²) >= 11 is 0. The zero-order chi connectivity index (χ0) is 16.3. The van der Waals surface area contributed by atoms with Crippen LogP contribution >= 0.6 is 0 Å². The number of hydrogen-bond donors (Lipinski definition) is 1. The minimum absolute atomic E-state index is 0.0293. The SMILES string of the molecule is CC(C)CC1NC(=O)C(C(C)C)N(C(C)CS(C)=O)C1=O. The van der Waals surface area contributed by atoms with Crippen LogP contribution in [0.2, 0.25) is 0 Å². The zero-order valence-corrected chi connectivity index (χ0v) is 14.7. The van der Waals surface area contributed by atoms with Crippen molar-refractivity contribution < 1.29 is 13.8 Å². The van der Waals surface area contributed by atoms with Crippen LogP contribution in [0.25, 0.3) is 0 Å². The van der Waals surface area contributed by atoms with Crippen molar-refractivity contribution >= 4 is 22.6 Å². The summed E-state index contributed by atoms with van der Waals surface area (Å²) in [5.41, 5.74) is 0. The second kappa shape index (κ2) is 7.38. The Morgan fingerprint density at radius 3 is 2.19 bits per heavy atom. The van der Waals surface area contributed by atoms with Crippen LogP contribution in [0.5, 0.6) is 0 Å². The van der Waals surface area contributed by atoms with Gasteiger partial charge in [0.2, 0.25) is 11.8 Å². The Labute approximate surface area is 130 Å². The summed E-state index contributed by atoms with van der Waals surface area (Å²) in [5.74, 6) is 0.620. The summed E-state index contributed by atoms with van der Waals surface area (Å²) in [6, 6.07) is -1.13. The van der Waals surface area contributed by atoms with E-state index in [1.807, 2.05) is 34.6 Å². The molecule has 0 aromatic carbocycles. The molecule has 5 nitrogen and oxygen atoms in total. The van der Waals surface area contributed by atoms with Gasteiger partial charge in [-0.25, -0.2) is 0 Å². The van der Waals surface area contributed by atoms with E-state index in [-0.39, 0.29) is 23.8 Å². The normalized spacial score (nSPS) is 26.2. The molecule has 1 fully saturated rings. The van der Waals surface area contributed by atoms with Crippen LogP contribution < -0.4 is 5.32 Å². The Hall–Kier alpha value is -0.910. The topological polar surface area (TPSA) is 66.5 Å². The summed E-state index contributed by atoms with van der Waals surface area (Å²) in [6.07, 6.45) is 2.26. The standard InChI is InChI=1S/C15H28N2O3S/c1-9(2)7-12-15(19)17(11(5)8-21(6)20)13(10(3)4)14(18)16-12/h9-13H,7-8H2,1-6H3,(H,16,18). The fourth-order valence-corrected chi connectivity index (χ4v) is 3.77. The number of hydrogen-bond acceptors (Lipinski definition) is 3. The highest BCUT2D eigenvalue weighted by molar-refractivity contribution is 7.84. The molecule has 6 heteroatoms. The first-order valence-electron chi connectivity index (χ1n) is 7.57. The van der Waals surface area contributed by atoms with Crippen LogP contribution in [-0.2, 0) is 20.4 Å². The average molecular weight is 316 g/mol. The maximum Gasteiger partial charge on any atom is 0.246 e. The van der Waals surface area contributed by atoms with Crippen molar-refractivity contribution in [3.8, 4) is 0 Å². The second-order valence-corrected chi connectivity index (χ2v) is 8.19. The molecule has 0 saturated carbocycles. The molecule has 0 radical (unpaired) electrons. The van der Waals surface area contributed by atoms with Crippen LogP contribution in [0, 0.1) is 11.8 Å². The Morgan fingerprint density at radius 2 is 1.76 bits per heavy atom. The largest absolute Gasteiger partial charge is 0.342 e. The van der Waals surface area contributed by atoms with Crippen LogP contribution in [-0.4, -0.2) is 51.1 Å². The molecule has 2 amide bonds. The zero-order valence-electron chi connectivity index (χ0n) is 13.9. The van der Waals surface area contributed by atoms with Gasteiger partial charge in [0.25, 0.3) is 0 Å². The van der Waals surface area contributed by atoms with E-state index >= 15 is 0 Å². The van der Waals surface area contributed by atoms with Gasteiger partial charge in [-0.15, -0.1) is 0 Å². The first kappa shape index (κ1) is 18.1. The molecule has 1 aliphatic rings. The van der Waals surface area contributed by atoms with E-state index in [0.717, 1.165) is 0 Å². The van der Waals surface area contributed by atoms with Gasteiger partial charge in [0.05, 0.1) is 0 Å². The highest BCUT2D eigenvalue weighted by Crippen LogP contribution is 2.23. The van der Waals surface area contributed by atoms with Gasteiger partial charge in [0, 0.05) is 28.9 Å². The molecule has 1 heterocycles. The molecule has 4 atom stereocenters.